The number of sulfonamides is 1. The van der Waals surface area contributed by atoms with Gasteiger partial charge in [0.25, 0.3) is 10.0 Å². The molecule has 9 nitrogen and oxygen atoms in total. The molecule has 3 heterocycles. The Morgan fingerprint density at radius 2 is 1.56 bits per heavy atom. The third-order valence-corrected chi connectivity index (χ3v) is 9.34. The molecule has 43 heavy (non-hydrogen) atoms. The molecule has 1 saturated heterocycles. The van der Waals surface area contributed by atoms with E-state index in [2.05, 4.69) is 71.9 Å². The van der Waals surface area contributed by atoms with Crippen LogP contribution in [0.4, 0.5) is 17.2 Å². The molecule has 0 unspecified atom stereocenters. The second kappa shape index (κ2) is 12.5. The second-order valence-corrected chi connectivity index (χ2v) is 12.9. The largest absolute Gasteiger partial charge is 0.347 e. The molecule has 0 spiro atoms. The van der Waals surface area contributed by atoms with Gasteiger partial charge in [0.15, 0.2) is 0 Å². The Bertz CT molecular complexity index is 1790. The molecule has 0 amide bonds. The van der Waals surface area contributed by atoms with E-state index in [1.807, 2.05) is 25.1 Å². The maximum Gasteiger partial charge on any atom is 0.261 e. The first kappa shape index (κ1) is 28.9. The predicted octanol–water partition coefficient (Wildman–Crippen LogP) is 5.59. The van der Waals surface area contributed by atoms with Crippen molar-refractivity contribution in [2.24, 2.45) is 0 Å². The van der Waals surface area contributed by atoms with Gasteiger partial charge in [0.05, 0.1) is 10.6 Å². The number of nitrogens with zero attached hydrogens (tertiary/aromatic N) is 5. The van der Waals surface area contributed by atoms with Gasteiger partial charge in [0.2, 0.25) is 0 Å². The fraction of sp³-hybridized carbons (Fsp3) is 0.273. The molecule has 5 aromatic rings. The highest BCUT2D eigenvalue weighted by molar-refractivity contribution is 7.92. The van der Waals surface area contributed by atoms with Crippen LogP contribution in [0.2, 0.25) is 0 Å². The summed E-state index contributed by atoms with van der Waals surface area (Å²) >= 11 is 0. The van der Waals surface area contributed by atoms with Crippen LogP contribution in [0.25, 0.3) is 22.2 Å². The van der Waals surface area contributed by atoms with Crippen LogP contribution in [0.15, 0.2) is 96.3 Å². The summed E-state index contributed by atoms with van der Waals surface area (Å²) in [5, 5.41) is 4.49. The SMILES string of the molecule is Cc1ccc(S(=O)(=O)Nc2ccc(Nc3cc(-c4ccc5c(ccn5CCCN5CCN(C)CC5)c4)ncn3)cc2)cc1. The molecule has 1 fully saturated rings. The van der Waals surface area contributed by atoms with Crippen LogP contribution in [0, 0.1) is 6.92 Å². The number of aryl methyl sites for hydroxylation is 2. The monoisotopic (exact) mass is 595 g/mol. The predicted molar refractivity (Wildman–Crippen MR) is 173 cm³/mol. The second-order valence-electron chi connectivity index (χ2n) is 11.2. The lowest BCUT2D eigenvalue weighted by atomic mass is 10.1. The first-order valence-electron chi connectivity index (χ1n) is 14.6. The van der Waals surface area contributed by atoms with E-state index in [1.54, 1.807) is 42.7 Å². The van der Waals surface area contributed by atoms with Gasteiger partial charge in [-0.05, 0) is 81.5 Å². The van der Waals surface area contributed by atoms with E-state index in [0.29, 0.717) is 11.5 Å². The van der Waals surface area contributed by atoms with Gasteiger partial charge in [-0.3, -0.25) is 4.72 Å². The van der Waals surface area contributed by atoms with E-state index in [1.165, 1.54) is 10.9 Å². The molecule has 2 aromatic heterocycles. The minimum Gasteiger partial charge on any atom is -0.347 e. The highest BCUT2D eigenvalue weighted by atomic mass is 32.2. The summed E-state index contributed by atoms with van der Waals surface area (Å²) in [5.74, 6) is 0.652. The standard InChI is InChI=1S/C33H37N7O2S/c1-25-4-11-30(12-5-25)43(41,42)37-29-9-7-28(8-10-29)36-33-23-31(34-24-35-33)26-6-13-32-27(22-26)14-17-40(32)16-3-15-39-20-18-38(2)19-21-39/h4-14,17,22-24,37H,3,15-16,18-21H2,1-2H3,(H,34,35,36). The van der Waals surface area contributed by atoms with E-state index in [4.69, 9.17) is 0 Å². The van der Waals surface area contributed by atoms with Gasteiger partial charge < -0.3 is 19.7 Å². The number of hydrogen-bond donors (Lipinski definition) is 2. The van der Waals surface area contributed by atoms with Crippen LogP contribution in [0.3, 0.4) is 0 Å². The molecule has 2 N–H and O–H groups in total. The van der Waals surface area contributed by atoms with Crippen LogP contribution in [-0.2, 0) is 16.6 Å². The summed E-state index contributed by atoms with van der Waals surface area (Å²) in [6.07, 6.45) is 4.86. The van der Waals surface area contributed by atoms with Crippen LogP contribution < -0.4 is 10.0 Å². The van der Waals surface area contributed by atoms with Crippen molar-refractivity contribution in [3.8, 4) is 11.3 Å². The number of fused-ring (bicyclic) bond motifs is 1. The molecule has 3 aromatic carbocycles. The van der Waals surface area contributed by atoms with Gasteiger partial charge in [-0.15, -0.1) is 0 Å². The average molecular weight is 596 g/mol. The van der Waals surface area contributed by atoms with Crippen molar-refractivity contribution in [2.45, 2.75) is 24.8 Å². The quantitative estimate of drug-likeness (QED) is 0.217. The van der Waals surface area contributed by atoms with Crippen molar-refractivity contribution in [3.63, 3.8) is 0 Å². The third-order valence-electron chi connectivity index (χ3n) is 7.94. The highest BCUT2D eigenvalue weighted by Crippen LogP contribution is 2.27. The Labute approximate surface area is 253 Å². The number of piperazine rings is 1. The van der Waals surface area contributed by atoms with Gasteiger partial charge in [-0.1, -0.05) is 23.8 Å². The van der Waals surface area contributed by atoms with E-state index < -0.39 is 10.0 Å². The van der Waals surface area contributed by atoms with Crippen molar-refractivity contribution in [1.29, 1.82) is 0 Å². The van der Waals surface area contributed by atoms with Gasteiger partial charge in [-0.2, -0.15) is 0 Å². The molecule has 0 aliphatic carbocycles. The van der Waals surface area contributed by atoms with E-state index >= 15 is 0 Å². The number of aromatic nitrogens is 3. The molecule has 1 aliphatic rings. The fourth-order valence-electron chi connectivity index (χ4n) is 5.38. The first-order chi connectivity index (χ1) is 20.8. The van der Waals surface area contributed by atoms with Crippen LogP contribution in [-0.4, -0.2) is 72.5 Å². The number of benzene rings is 3. The average Bonchev–Trinajstić information content (AvgIpc) is 3.41. The summed E-state index contributed by atoms with van der Waals surface area (Å²) in [6, 6.07) is 24.4. The van der Waals surface area contributed by atoms with Crippen molar-refractivity contribution in [2.75, 3.05) is 49.8 Å². The first-order valence-corrected chi connectivity index (χ1v) is 16.1. The van der Waals surface area contributed by atoms with E-state index in [-0.39, 0.29) is 4.90 Å². The molecule has 0 saturated carbocycles. The van der Waals surface area contributed by atoms with Crippen molar-refractivity contribution in [3.05, 3.63) is 97.0 Å². The minimum atomic E-state index is -3.66. The Morgan fingerprint density at radius 1 is 0.814 bits per heavy atom. The van der Waals surface area contributed by atoms with Crippen molar-refractivity contribution in [1.82, 2.24) is 24.3 Å². The number of hydrogen-bond acceptors (Lipinski definition) is 7. The molecule has 0 bridgehead atoms. The number of anilines is 3. The zero-order valence-corrected chi connectivity index (χ0v) is 25.4. The Kier molecular flexibility index (Phi) is 8.42. The number of rotatable bonds is 10. The molecule has 1 aliphatic heterocycles. The summed E-state index contributed by atoms with van der Waals surface area (Å²) in [5.41, 5.74) is 5.34. The third kappa shape index (κ3) is 7.05. The molecular weight excluding hydrogens is 558 g/mol. The molecule has 10 heteroatoms. The van der Waals surface area contributed by atoms with E-state index in [0.717, 1.165) is 68.2 Å². The van der Waals surface area contributed by atoms with Crippen LogP contribution >= 0.6 is 0 Å². The highest BCUT2D eigenvalue weighted by Gasteiger charge is 2.15. The van der Waals surface area contributed by atoms with Gasteiger partial charge >= 0.3 is 0 Å². The maximum absolute atomic E-state index is 12.7. The normalized spacial score (nSPS) is 14.7. The molecule has 0 radical (unpaired) electrons. The van der Waals surface area contributed by atoms with Gasteiger partial charge in [-0.25, -0.2) is 18.4 Å². The maximum atomic E-state index is 12.7. The topological polar surface area (TPSA) is 95.4 Å². The van der Waals surface area contributed by atoms with Gasteiger partial charge in [0.1, 0.15) is 12.1 Å². The summed E-state index contributed by atoms with van der Waals surface area (Å²) < 4.78 is 30.4. The van der Waals surface area contributed by atoms with Gasteiger partial charge in [0, 0.05) is 72.8 Å². The lowest BCUT2D eigenvalue weighted by molar-refractivity contribution is 0.151. The Balaban J connectivity index is 1.08. The molecule has 222 valence electrons. The Morgan fingerprint density at radius 3 is 2.33 bits per heavy atom. The zero-order valence-electron chi connectivity index (χ0n) is 24.6. The fourth-order valence-corrected chi connectivity index (χ4v) is 6.43. The van der Waals surface area contributed by atoms with Crippen LogP contribution in [0.1, 0.15) is 12.0 Å². The minimum absolute atomic E-state index is 0.227. The lowest BCUT2D eigenvalue weighted by Crippen LogP contribution is -2.44. The van der Waals surface area contributed by atoms with Crippen LogP contribution in [0.5, 0.6) is 0 Å². The molecule has 6 rings (SSSR count). The number of likely N-dealkylation sites (N-methyl/N-ethyl adjacent to an activating group) is 1. The van der Waals surface area contributed by atoms with Crippen molar-refractivity contribution < 1.29 is 8.42 Å². The smallest absolute Gasteiger partial charge is 0.261 e. The Hall–Kier alpha value is -4.25. The zero-order chi connectivity index (χ0) is 29.8. The van der Waals surface area contributed by atoms with E-state index in [9.17, 15) is 8.42 Å². The molecule has 0 atom stereocenters. The molecular formula is C33H37N7O2S. The van der Waals surface area contributed by atoms with Crippen molar-refractivity contribution >= 4 is 38.1 Å². The summed E-state index contributed by atoms with van der Waals surface area (Å²) in [7, 11) is -1.47. The number of nitrogens with one attached hydrogen (secondary N) is 2. The summed E-state index contributed by atoms with van der Waals surface area (Å²) in [6.45, 7) is 8.68. The summed E-state index contributed by atoms with van der Waals surface area (Å²) in [4.78, 5) is 14.1. The lowest BCUT2D eigenvalue weighted by Gasteiger charge is -2.32.